The molecule has 208 valence electrons. The molecule has 0 fully saturated rings. The molecule has 41 heavy (non-hydrogen) atoms. The molecule has 5 aromatic rings. The van der Waals surface area contributed by atoms with Crippen molar-refractivity contribution in [3.05, 3.63) is 98.9 Å². The molecule has 11 nitrogen and oxygen atoms in total. The van der Waals surface area contributed by atoms with Crippen LogP contribution in [0, 0.1) is 30.9 Å². The largest absolute Gasteiger partial charge is 0.345 e. The van der Waals surface area contributed by atoms with Crippen LogP contribution in [-0.2, 0) is 11.3 Å². The molecule has 5 rings (SSSR count). The number of hydrogen-bond donors (Lipinski definition) is 2. The van der Waals surface area contributed by atoms with Crippen LogP contribution in [0.5, 0.6) is 0 Å². The Morgan fingerprint density at radius 1 is 1.02 bits per heavy atom. The number of amides is 2. The van der Waals surface area contributed by atoms with Crippen LogP contribution in [0.1, 0.15) is 32.9 Å². The summed E-state index contributed by atoms with van der Waals surface area (Å²) in [6, 6.07) is 18.0. The van der Waals surface area contributed by atoms with Crippen molar-refractivity contribution in [1.29, 1.82) is 0 Å². The highest BCUT2D eigenvalue weighted by atomic mass is 32.2. The summed E-state index contributed by atoms with van der Waals surface area (Å²) in [4.78, 5) is 40.9. The van der Waals surface area contributed by atoms with Crippen LogP contribution in [0.25, 0.3) is 15.9 Å². The summed E-state index contributed by atoms with van der Waals surface area (Å²) in [6.45, 7) is 5.55. The van der Waals surface area contributed by atoms with Crippen molar-refractivity contribution < 1.29 is 14.5 Å². The van der Waals surface area contributed by atoms with E-state index in [2.05, 4.69) is 25.8 Å². The topological polar surface area (TPSA) is 145 Å². The fourth-order valence-electron chi connectivity index (χ4n) is 4.13. The molecule has 2 heterocycles. The summed E-state index contributed by atoms with van der Waals surface area (Å²) >= 11 is 2.62. The number of thioether (sulfide) groups is 1. The van der Waals surface area contributed by atoms with Gasteiger partial charge in [-0.1, -0.05) is 53.4 Å². The molecule has 13 heteroatoms. The van der Waals surface area contributed by atoms with Gasteiger partial charge in [0, 0.05) is 17.2 Å². The first-order valence-electron chi connectivity index (χ1n) is 12.5. The van der Waals surface area contributed by atoms with Gasteiger partial charge in [0.05, 0.1) is 33.1 Å². The lowest BCUT2D eigenvalue weighted by molar-refractivity contribution is -0.385. The van der Waals surface area contributed by atoms with Crippen molar-refractivity contribution in [2.75, 3.05) is 11.1 Å². The van der Waals surface area contributed by atoms with Gasteiger partial charge in [0.25, 0.3) is 11.6 Å². The van der Waals surface area contributed by atoms with Crippen molar-refractivity contribution in [3.8, 4) is 5.69 Å². The molecule has 0 spiro atoms. The Labute approximate surface area is 243 Å². The third kappa shape index (κ3) is 6.26. The van der Waals surface area contributed by atoms with Crippen molar-refractivity contribution in [3.63, 3.8) is 0 Å². The van der Waals surface area contributed by atoms with Gasteiger partial charge in [-0.25, -0.2) is 4.98 Å². The lowest BCUT2D eigenvalue weighted by Gasteiger charge is -2.14. The van der Waals surface area contributed by atoms with Gasteiger partial charge >= 0.3 is 0 Å². The quantitative estimate of drug-likeness (QED) is 0.133. The Kier molecular flexibility index (Phi) is 8.08. The van der Waals surface area contributed by atoms with Gasteiger partial charge in [-0.15, -0.1) is 10.2 Å². The summed E-state index contributed by atoms with van der Waals surface area (Å²) in [7, 11) is 0. The van der Waals surface area contributed by atoms with E-state index in [0.29, 0.717) is 21.7 Å². The molecule has 0 atom stereocenters. The number of nitrogens with zero attached hydrogens (tertiary/aromatic N) is 5. The van der Waals surface area contributed by atoms with E-state index in [1.807, 2.05) is 60.9 Å². The number of aryl methyl sites for hydroxylation is 3. The third-order valence-corrected chi connectivity index (χ3v) is 8.13. The lowest BCUT2D eigenvalue weighted by Crippen LogP contribution is -2.25. The number of thiazole rings is 1. The Hall–Kier alpha value is -4.62. The van der Waals surface area contributed by atoms with Gasteiger partial charge < -0.3 is 10.6 Å². The molecule has 0 saturated heterocycles. The predicted molar refractivity (Wildman–Crippen MR) is 159 cm³/mol. The van der Waals surface area contributed by atoms with Crippen molar-refractivity contribution in [2.45, 2.75) is 32.5 Å². The maximum absolute atomic E-state index is 12.9. The summed E-state index contributed by atoms with van der Waals surface area (Å²) in [5, 5.41) is 26.6. The number of hydrogen-bond acceptors (Lipinski definition) is 9. The highest BCUT2D eigenvalue weighted by Gasteiger charge is 2.20. The Bertz CT molecular complexity index is 1760. The van der Waals surface area contributed by atoms with Gasteiger partial charge in [-0.2, -0.15) is 0 Å². The number of nitro benzene ring substituents is 1. The molecule has 2 amide bonds. The molecule has 3 aromatic carbocycles. The molecule has 0 bridgehead atoms. The molecular weight excluding hydrogens is 562 g/mol. The van der Waals surface area contributed by atoms with Gasteiger partial charge in [0.2, 0.25) is 5.91 Å². The Balaban J connectivity index is 1.35. The lowest BCUT2D eigenvalue weighted by atomic mass is 10.1. The number of nitrogens with one attached hydrogen (secondary N) is 2. The molecule has 2 N–H and O–H groups in total. The van der Waals surface area contributed by atoms with E-state index >= 15 is 0 Å². The number of carbonyl (C=O) groups excluding carboxylic acids is 2. The normalized spacial score (nSPS) is 11.0. The van der Waals surface area contributed by atoms with E-state index in [-0.39, 0.29) is 29.5 Å². The Morgan fingerprint density at radius 3 is 2.59 bits per heavy atom. The van der Waals surface area contributed by atoms with Gasteiger partial charge in [0.1, 0.15) is 0 Å². The minimum Gasteiger partial charge on any atom is -0.345 e. The zero-order chi connectivity index (χ0) is 29.1. The molecule has 0 unspecified atom stereocenters. The maximum atomic E-state index is 12.9. The van der Waals surface area contributed by atoms with Crippen molar-refractivity contribution in [2.24, 2.45) is 0 Å². The summed E-state index contributed by atoms with van der Waals surface area (Å²) < 4.78 is 2.80. The monoisotopic (exact) mass is 587 g/mol. The van der Waals surface area contributed by atoms with Gasteiger partial charge in [0.15, 0.2) is 16.1 Å². The van der Waals surface area contributed by atoms with Crippen LogP contribution in [0.3, 0.4) is 0 Å². The first kappa shape index (κ1) is 27.9. The number of rotatable bonds is 9. The molecule has 0 aliphatic rings. The third-order valence-electron chi connectivity index (χ3n) is 6.25. The first-order chi connectivity index (χ1) is 19.7. The molecule has 0 saturated carbocycles. The summed E-state index contributed by atoms with van der Waals surface area (Å²) in [6.07, 6.45) is 0. The molecule has 0 aliphatic heterocycles. The minimum atomic E-state index is -0.514. The van der Waals surface area contributed by atoms with Crippen LogP contribution >= 0.6 is 23.1 Å². The SMILES string of the molecule is Cc1ccc(C)c(-n2c(CNC(=O)c3ccc(C)c([N+](=O)[O-])c3)nnc2SCC(=O)Nc2nc3ccccc3s2)c1. The van der Waals surface area contributed by atoms with E-state index in [0.717, 1.165) is 27.0 Å². The average molecular weight is 588 g/mol. The standard InChI is InChI=1S/C28H25N7O4S2/c1-16-8-9-17(2)21(12-16)34-24(14-29-26(37)19-11-10-18(3)22(13-19)35(38)39)32-33-28(34)40-15-25(36)31-27-30-20-6-4-5-7-23(20)41-27/h4-13H,14-15H2,1-3H3,(H,29,37)(H,30,31,36). The van der Waals surface area contributed by atoms with E-state index in [4.69, 9.17) is 0 Å². The molecule has 0 aliphatic carbocycles. The van der Waals surface area contributed by atoms with E-state index in [1.165, 1.54) is 29.2 Å². The highest BCUT2D eigenvalue weighted by Crippen LogP contribution is 2.28. The zero-order valence-electron chi connectivity index (χ0n) is 22.4. The number of benzene rings is 3. The number of fused-ring (bicyclic) bond motifs is 1. The van der Waals surface area contributed by atoms with E-state index < -0.39 is 10.8 Å². The number of anilines is 1. The summed E-state index contributed by atoms with van der Waals surface area (Å²) in [5.41, 5.74) is 4.13. The van der Waals surface area contributed by atoms with E-state index in [9.17, 15) is 19.7 Å². The van der Waals surface area contributed by atoms with Gasteiger partial charge in [-0.05, 0) is 56.2 Å². The minimum absolute atomic E-state index is 0.0132. The van der Waals surface area contributed by atoms with Crippen LogP contribution in [0.15, 0.2) is 65.8 Å². The first-order valence-corrected chi connectivity index (χ1v) is 14.3. The number of nitro groups is 1. The van der Waals surface area contributed by atoms with Crippen LogP contribution in [0.2, 0.25) is 0 Å². The fraction of sp³-hybridized carbons (Fsp3) is 0.179. The molecular formula is C28H25N7O4S2. The Morgan fingerprint density at radius 2 is 1.80 bits per heavy atom. The summed E-state index contributed by atoms with van der Waals surface area (Å²) in [5.74, 6) is -0.200. The second-order valence-electron chi connectivity index (χ2n) is 9.29. The molecule has 2 aromatic heterocycles. The zero-order valence-corrected chi connectivity index (χ0v) is 24.0. The highest BCUT2D eigenvalue weighted by molar-refractivity contribution is 7.99. The predicted octanol–water partition coefficient (Wildman–Crippen LogP) is 5.37. The fourth-order valence-corrected chi connectivity index (χ4v) is 5.78. The van der Waals surface area contributed by atoms with E-state index in [1.54, 1.807) is 19.1 Å². The van der Waals surface area contributed by atoms with Crippen LogP contribution in [0.4, 0.5) is 10.8 Å². The van der Waals surface area contributed by atoms with Crippen LogP contribution in [-0.4, -0.2) is 42.2 Å². The second-order valence-corrected chi connectivity index (χ2v) is 11.3. The van der Waals surface area contributed by atoms with Crippen molar-refractivity contribution in [1.82, 2.24) is 25.1 Å². The molecule has 0 radical (unpaired) electrons. The van der Waals surface area contributed by atoms with Crippen LogP contribution < -0.4 is 10.6 Å². The van der Waals surface area contributed by atoms with Crippen molar-refractivity contribution >= 4 is 55.9 Å². The smallest absolute Gasteiger partial charge is 0.273 e. The number of para-hydroxylation sites is 1. The number of carbonyl (C=O) groups is 2. The maximum Gasteiger partial charge on any atom is 0.273 e. The second kappa shape index (κ2) is 11.9. The average Bonchev–Trinajstić information content (AvgIpc) is 3.55. The van der Waals surface area contributed by atoms with Gasteiger partial charge in [-0.3, -0.25) is 24.3 Å². The number of aromatic nitrogens is 4.